The fraction of sp³-hybridized carbons (Fsp3) is 0.538. The second-order valence-electron chi connectivity index (χ2n) is 3.54. The minimum absolute atomic E-state index is 1.05. The molecule has 0 aliphatic rings. The first-order chi connectivity index (χ1) is 6.20. The van der Waals surface area contributed by atoms with E-state index in [4.69, 9.17) is 6.42 Å². The molecule has 0 saturated carbocycles. The van der Waals surface area contributed by atoms with E-state index in [1.54, 1.807) is 0 Å². The molecule has 0 fully saturated rings. The first-order valence-electron chi connectivity index (χ1n) is 5.01. The quantitative estimate of drug-likeness (QED) is 0.336. The molecule has 0 rings (SSSR count). The normalized spacial score (nSPS) is 10.8. The summed E-state index contributed by atoms with van der Waals surface area (Å²) in [5.74, 6) is 2.73. The fourth-order valence-electron chi connectivity index (χ4n) is 1.04. The summed E-state index contributed by atoms with van der Waals surface area (Å²) >= 11 is 0. The molecule has 0 saturated heterocycles. The predicted molar refractivity (Wildman–Crippen MR) is 60.5 cm³/mol. The van der Waals surface area contributed by atoms with Gasteiger partial charge in [0.15, 0.2) is 0 Å². The predicted octanol–water partition coefficient (Wildman–Crippen LogP) is 4.09. The maximum atomic E-state index is 5.39. The van der Waals surface area contributed by atoms with Crippen LogP contribution in [-0.2, 0) is 0 Å². The van der Waals surface area contributed by atoms with E-state index in [-0.39, 0.29) is 0 Å². The van der Waals surface area contributed by atoms with E-state index >= 15 is 0 Å². The van der Waals surface area contributed by atoms with Gasteiger partial charge in [0.1, 0.15) is 0 Å². The van der Waals surface area contributed by atoms with Crippen LogP contribution in [0.5, 0.6) is 0 Å². The Kier molecular flexibility index (Phi) is 7.11. The summed E-state index contributed by atoms with van der Waals surface area (Å²) in [7, 11) is 0. The Hall–Kier alpha value is -0.960. The van der Waals surface area contributed by atoms with Crippen molar-refractivity contribution < 1.29 is 0 Å². The molecule has 0 amide bonds. The number of terminal acetylenes is 1. The molecular weight excluding hydrogens is 156 g/mol. The highest BCUT2D eigenvalue weighted by molar-refractivity contribution is 5.29. The maximum absolute atomic E-state index is 5.39. The fourth-order valence-corrected chi connectivity index (χ4v) is 1.04. The Morgan fingerprint density at radius 1 is 1.23 bits per heavy atom. The average Bonchev–Trinajstić information content (AvgIpc) is 2.10. The van der Waals surface area contributed by atoms with E-state index in [1.807, 2.05) is 0 Å². The van der Waals surface area contributed by atoms with Gasteiger partial charge < -0.3 is 0 Å². The molecule has 0 N–H and O–H groups in total. The molecule has 72 valence electrons. The highest BCUT2D eigenvalue weighted by atomic mass is 14.0. The molecule has 0 aliphatic heterocycles. The van der Waals surface area contributed by atoms with Crippen LogP contribution in [0, 0.1) is 12.3 Å². The van der Waals surface area contributed by atoms with Gasteiger partial charge in [-0.05, 0) is 26.7 Å². The first-order valence-corrected chi connectivity index (χ1v) is 5.01. The summed E-state index contributed by atoms with van der Waals surface area (Å²) in [6.07, 6.45) is 14.3. The molecule has 0 aromatic carbocycles. The van der Waals surface area contributed by atoms with Crippen LogP contribution in [0.25, 0.3) is 0 Å². The lowest BCUT2D eigenvalue weighted by Gasteiger charge is -1.97. The second-order valence-corrected chi connectivity index (χ2v) is 3.54. The summed E-state index contributed by atoms with van der Waals surface area (Å²) in [6, 6.07) is 0. The van der Waals surface area contributed by atoms with E-state index in [1.165, 1.54) is 24.8 Å². The van der Waals surface area contributed by atoms with Crippen LogP contribution in [0.1, 0.15) is 46.5 Å². The van der Waals surface area contributed by atoms with Crippen LogP contribution in [-0.4, -0.2) is 0 Å². The number of rotatable bonds is 5. The number of hydrogen-bond acceptors (Lipinski definition) is 0. The Morgan fingerprint density at radius 2 is 1.92 bits per heavy atom. The highest BCUT2D eigenvalue weighted by Crippen LogP contribution is 2.08. The monoisotopic (exact) mass is 176 g/mol. The van der Waals surface area contributed by atoms with Crippen molar-refractivity contribution in [2.24, 2.45) is 0 Å². The molecule has 0 spiro atoms. The van der Waals surface area contributed by atoms with Crippen LogP contribution >= 0.6 is 0 Å². The average molecular weight is 176 g/mol. The molecule has 0 aromatic rings. The third-order valence-corrected chi connectivity index (χ3v) is 1.85. The van der Waals surface area contributed by atoms with Crippen molar-refractivity contribution in [2.75, 3.05) is 0 Å². The molecule has 0 radical (unpaired) electrons. The zero-order chi connectivity index (χ0) is 10.1. The minimum Gasteiger partial charge on any atom is -0.115 e. The third-order valence-electron chi connectivity index (χ3n) is 1.85. The Bertz CT molecular complexity index is 219. The molecular formula is C13H20. The third kappa shape index (κ3) is 7.40. The minimum atomic E-state index is 1.05. The van der Waals surface area contributed by atoms with Crippen LogP contribution in [0.2, 0.25) is 0 Å². The molecule has 0 aromatic heterocycles. The zero-order valence-electron chi connectivity index (χ0n) is 9.06. The summed E-state index contributed by atoms with van der Waals surface area (Å²) < 4.78 is 0. The van der Waals surface area contributed by atoms with E-state index < -0.39 is 0 Å². The smallest absolute Gasteiger partial charge is 0.00175 e. The molecule has 0 bridgehead atoms. The number of allylic oxidation sites excluding steroid dienone is 4. The van der Waals surface area contributed by atoms with Crippen LogP contribution in [0.15, 0.2) is 23.3 Å². The lowest BCUT2D eigenvalue weighted by molar-refractivity contribution is 0.721. The van der Waals surface area contributed by atoms with Gasteiger partial charge in [-0.3, -0.25) is 0 Å². The molecule has 0 aliphatic carbocycles. The summed E-state index contributed by atoms with van der Waals surface area (Å²) in [6.45, 7) is 6.36. The van der Waals surface area contributed by atoms with Gasteiger partial charge in [-0.2, -0.15) is 0 Å². The van der Waals surface area contributed by atoms with Gasteiger partial charge >= 0.3 is 0 Å². The number of unbranched alkanes of at least 4 members (excludes halogenated alkanes) is 2. The summed E-state index contributed by atoms with van der Waals surface area (Å²) in [4.78, 5) is 0. The van der Waals surface area contributed by atoms with Crippen molar-refractivity contribution in [1.82, 2.24) is 0 Å². The second kappa shape index (κ2) is 7.68. The van der Waals surface area contributed by atoms with Gasteiger partial charge in [0.25, 0.3) is 0 Å². The standard InChI is InChI=1S/C13H20/c1-5-7-8-9-13(6-2)11-10-12(3)4/h2,10-11H,5,7-9H2,1,3-4H3/b13-11+. The maximum Gasteiger partial charge on any atom is 0.00175 e. The van der Waals surface area contributed by atoms with Gasteiger partial charge in [0, 0.05) is 5.57 Å². The Labute approximate surface area is 82.7 Å². The zero-order valence-corrected chi connectivity index (χ0v) is 9.06. The van der Waals surface area contributed by atoms with Crippen LogP contribution in [0.3, 0.4) is 0 Å². The molecule has 0 atom stereocenters. The van der Waals surface area contributed by atoms with Crippen molar-refractivity contribution in [3.63, 3.8) is 0 Å². The topological polar surface area (TPSA) is 0 Å². The van der Waals surface area contributed by atoms with E-state index in [0.29, 0.717) is 0 Å². The van der Waals surface area contributed by atoms with Gasteiger partial charge in [-0.1, -0.05) is 43.4 Å². The van der Waals surface area contributed by atoms with Crippen molar-refractivity contribution in [2.45, 2.75) is 46.5 Å². The summed E-state index contributed by atoms with van der Waals surface area (Å²) in [5.41, 5.74) is 2.41. The van der Waals surface area contributed by atoms with Gasteiger partial charge in [0.05, 0.1) is 0 Å². The lowest BCUT2D eigenvalue weighted by atomic mass is 10.1. The van der Waals surface area contributed by atoms with E-state index in [0.717, 1.165) is 12.0 Å². The van der Waals surface area contributed by atoms with Gasteiger partial charge in [0.2, 0.25) is 0 Å². The number of hydrogen-bond donors (Lipinski definition) is 0. The van der Waals surface area contributed by atoms with Gasteiger partial charge in [-0.15, -0.1) is 6.42 Å². The molecule has 0 heterocycles. The van der Waals surface area contributed by atoms with Gasteiger partial charge in [-0.25, -0.2) is 0 Å². The Morgan fingerprint density at radius 3 is 2.38 bits per heavy atom. The van der Waals surface area contributed by atoms with E-state index in [2.05, 4.69) is 38.8 Å². The Balaban J connectivity index is 3.97. The summed E-state index contributed by atoms with van der Waals surface area (Å²) in [5, 5.41) is 0. The molecule has 13 heavy (non-hydrogen) atoms. The lowest BCUT2D eigenvalue weighted by Crippen LogP contribution is -1.80. The van der Waals surface area contributed by atoms with E-state index in [9.17, 15) is 0 Å². The SMILES string of the molecule is C#C/C(=C\C=C(C)C)CCCCC. The van der Waals surface area contributed by atoms with Crippen molar-refractivity contribution in [3.05, 3.63) is 23.3 Å². The molecule has 0 heteroatoms. The first kappa shape index (κ1) is 12.0. The van der Waals surface area contributed by atoms with Crippen molar-refractivity contribution in [1.29, 1.82) is 0 Å². The van der Waals surface area contributed by atoms with Crippen molar-refractivity contribution >= 4 is 0 Å². The highest BCUT2D eigenvalue weighted by Gasteiger charge is 1.91. The van der Waals surface area contributed by atoms with Crippen LogP contribution < -0.4 is 0 Å². The largest absolute Gasteiger partial charge is 0.115 e. The van der Waals surface area contributed by atoms with Crippen LogP contribution in [0.4, 0.5) is 0 Å². The van der Waals surface area contributed by atoms with Crippen molar-refractivity contribution in [3.8, 4) is 12.3 Å². The molecule has 0 nitrogen and oxygen atoms in total. The molecule has 0 unspecified atom stereocenters.